The summed E-state index contributed by atoms with van der Waals surface area (Å²) in [6.45, 7) is 3.17. The molecule has 1 aliphatic rings. The maximum absolute atomic E-state index is 12.7. The van der Waals surface area contributed by atoms with Crippen LogP contribution in [0, 0.1) is 0 Å². The van der Waals surface area contributed by atoms with E-state index in [9.17, 15) is 14.7 Å². The maximum Gasteiger partial charge on any atom is 0.328 e. The second kappa shape index (κ2) is 17.0. The van der Waals surface area contributed by atoms with Crippen LogP contribution >= 0.6 is 0 Å². The number of carbonyl (C=O) groups is 2. The molecule has 4 aromatic carbocycles. The third kappa shape index (κ3) is 9.51. The molecule has 5 atom stereocenters. The van der Waals surface area contributed by atoms with E-state index in [0.29, 0.717) is 12.8 Å². The number of urea groups is 1. The number of nitrogens with one attached hydrogen (secondary N) is 2. The molecule has 0 spiro atoms. The number of ether oxygens (including phenoxy) is 3. The summed E-state index contributed by atoms with van der Waals surface area (Å²) in [4.78, 5) is 27.4. The molecule has 1 aliphatic heterocycles. The van der Waals surface area contributed by atoms with E-state index in [0.717, 1.165) is 34.4 Å². The first kappa shape index (κ1) is 34.8. The topological polar surface area (TPSA) is 109 Å². The average molecular weight is 652 g/mol. The number of hydrogen-bond acceptors (Lipinski definition) is 7. The van der Waals surface area contributed by atoms with Crippen LogP contribution in [0.5, 0.6) is 0 Å². The molecule has 5 rings (SSSR count). The van der Waals surface area contributed by atoms with Gasteiger partial charge in [0, 0.05) is 37.5 Å². The van der Waals surface area contributed by atoms with Gasteiger partial charge < -0.3 is 30.0 Å². The molecule has 4 aromatic rings. The Balaban J connectivity index is 1.23. The van der Waals surface area contributed by atoms with Gasteiger partial charge in [-0.15, -0.1) is 0 Å². The summed E-state index contributed by atoms with van der Waals surface area (Å²) in [6.07, 6.45) is 0.146. The van der Waals surface area contributed by atoms with E-state index in [4.69, 9.17) is 14.2 Å². The third-order valence-electron chi connectivity index (χ3n) is 8.83. The lowest BCUT2D eigenvalue weighted by molar-refractivity contribution is -0.253. The summed E-state index contributed by atoms with van der Waals surface area (Å²) in [5.41, 5.74) is 5.80. The Bertz CT molecular complexity index is 1580. The average Bonchev–Trinajstić information content (AvgIpc) is 3.14. The van der Waals surface area contributed by atoms with Crippen molar-refractivity contribution in [3.05, 3.63) is 143 Å². The molecule has 48 heavy (non-hydrogen) atoms. The normalized spacial score (nSPS) is 18.9. The summed E-state index contributed by atoms with van der Waals surface area (Å²) >= 11 is 0. The summed E-state index contributed by atoms with van der Waals surface area (Å²) in [5, 5.41) is 15.1. The van der Waals surface area contributed by atoms with Gasteiger partial charge in [-0.25, -0.2) is 9.59 Å². The molecular formula is C39H45N3O6. The van der Waals surface area contributed by atoms with Gasteiger partial charge in [-0.05, 0) is 41.8 Å². The van der Waals surface area contributed by atoms with Gasteiger partial charge >= 0.3 is 12.0 Å². The number of amides is 2. The molecule has 0 aromatic heterocycles. The fourth-order valence-electron chi connectivity index (χ4n) is 5.87. The Hall–Kier alpha value is -4.54. The van der Waals surface area contributed by atoms with Crippen LogP contribution in [0.1, 0.15) is 65.2 Å². The van der Waals surface area contributed by atoms with Crippen LogP contribution in [0.15, 0.2) is 109 Å². The number of aliphatic hydroxyl groups excluding tert-OH is 1. The van der Waals surface area contributed by atoms with Crippen molar-refractivity contribution in [3.8, 4) is 0 Å². The van der Waals surface area contributed by atoms with Gasteiger partial charge in [0.1, 0.15) is 6.04 Å². The molecule has 0 saturated carbocycles. The van der Waals surface area contributed by atoms with Crippen molar-refractivity contribution < 1.29 is 28.9 Å². The fraction of sp³-hybridized carbons (Fsp3) is 0.333. The SMILES string of the molecule is COC(=O)C(Cc1ccccc1)NC(=O)NCc1ccc(C2OC(CN(C)C(C)c3ccccc3)CC(c3ccc(CO)cc3)O2)cc1. The van der Waals surface area contributed by atoms with Gasteiger partial charge in [0.05, 0.1) is 25.9 Å². The van der Waals surface area contributed by atoms with E-state index in [2.05, 4.69) is 53.8 Å². The number of esters is 1. The lowest BCUT2D eigenvalue weighted by Gasteiger charge is -2.39. The lowest BCUT2D eigenvalue weighted by atomic mass is 9.99. The van der Waals surface area contributed by atoms with Crippen LogP contribution in [0.4, 0.5) is 4.79 Å². The minimum absolute atomic E-state index is 0.00918. The van der Waals surface area contributed by atoms with E-state index in [1.54, 1.807) is 0 Å². The minimum atomic E-state index is -0.809. The lowest BCUT2D eigenvalue weighted by Crippen LogP contribution is -2.47. The number of hydrogen-bond donors (Lipinski definition) is 3. The van der Waals surface area contributed by atoms with Crippen molar-refractivity contribution >= 4 is 12.0 Å². The van der Waals surface area contributed by atoms with Gasteiger partial charge in [-0.2, -0.15) is 0 Å². The first-order valence-corrected chi connectivity index (χ1v) is 16.3. The second-order valence-electron chi connectivity index (χ2n) is 12.2. The molecular weight excluding hydrogens is 606 g/mol. The number of likely N-dealkylation sites (N-methyl/N-ethyl adjacent to an activating group) is 1. The number of rotatable bonds is 13. The zero-order chi connectivity index (χ0) is 33.9. The zero-order valence-electron chi connectivity index (χ0n) is 27.8. The fourth-order valence-corrected chi connectivity index (χ4v) is 5.87. The Labute approximate surface area is 282 Å². The van der Waals surface area contributed by atoms with E-state index >= 15 is 0 Å². The molecule has 9 nitrogen and oxygen atoms in total. The predicted molar refractivity (Wildman–Crippen MR) is 184 cm³/mol. The molecule has 0 aliphatic carbocycles. The molecule has 5 unspecified atom stereocenters. The largest absolute Gasteiger partial charge is 0.467 e. The predicted octanol–water partition coefficient (Wildman–Crippen LogP) is 6.00. The Morgan fingerprint density at radius 1 is 0.854 bits per heavy atom. The quantitative estimate of drug-likeness (QED) is 0.152. The van der Waals surface area contributed by atoms with E-state index in [-0.39, 0.29) is 31.4 Å². The van der Waals surface area contributed by atoms with E-state index < -0.39 is 24.3 Å². The molecule has 0 bridgehead atoms. The van der Waals surface area contributed by atoms with Crippen LogP contribution < -0.4 is 10.6 Å². The highest BCUT2D eigenvalue weighted by molar-refractivity contribution is 5.83. The zero-order valence-corrected chi connectivity index (χ0v) is 27.8. The minimum Gasteiger partial charge on any atom is -0.467 e. The molecule has 1 heterocycles. The number of aliphatic hydroxyl groups is 1. The Morgan fingerprint density at radius 3 is 2.12 bits per heavy atom. The molecule has 2 amide bonds. The highest BCUT2D eigenvalue weighted by Gasteiger charge is 2.33. The molecule has 1 fully saturated rings. The maximum atomic E-state index is 12.7. The Kier molecular flexibility index (Phi) is 12.3. The van der Waals surface area contributed by atoms with Gasteiger partial charge in [-0.1, -0.05) is 109 Å². The number of benzene rings is 4. The van der Waals surface area contributed by atoms with Crippen molar-refractivity contribution in [1.29, 1.82) is 0 Å². The second-order valence-corrected chi connectivity index (χ2v) is 12.2. The standard InChI is InChI=1S/C39H45N3O6/c1-27(31-12-8-5-9-13-31)42(2)25-34-23-36(32-18-16-30(26-43)17-19-32)48-38(47-34)33-20-14-29(15-21-33)24-40-39(45)41-35(37(44)46-3)22-28-10-6-4-7-11-28/h4-21,27,34-36,38,43H,22-26H2,1-3H3,(H2,40,41,45). The highest BCUT2D eigenvalue weighted by Crippen LogP contribution is 2.38. The van der Waals surface area contributed by atoms with Gasteiger partial charge in [0.2, 0.25) is 0 Å². The van der Waals surface area contributed by atoms with Crippen LogP contribution in [-0.4, -0.2) is 54.9 Å². The van der Waals surface area contributed by atoms with E-state index in [1.807, 2.05) is 84.9 Å². The summed E-state index contributed by atoms with van der Waals surface area (Å²) in [5.74, 6) is -0.507. The van der Waals surface area contributed by atoms with Crippen LogP contribution in [0.2, 0.25) is 0 Å². The van der Waals surface area contributed by atoms with Crippen LogP contribution in [0.3, 0.4) is 0 Å². The summed E-state index contributed by atoms with van der Waals surface area (Å²) in [6, 6.07) is 34.5. The first-order chi connectivity index (χ1) is 23.3. The van der Waals surface area contributed by atoms with Crippen LogP contribution in [0.25, 0.3) is 0 Å². The number of methoxy groups -OCH3 is 1. The van der Waals surface area contributed by atoms with Crippen molar-refractivity contribution in [2.75, 3.05) is 20.7 Å². The molecule has 252 valence electrons. The van der Waals surface area contributed by atoms with Gasteiger partial charge in [-0.3, -0.25) is 4.90 Å². The summed E-state index contributed by atoms with van der Waals surface area (Å²) < 4.78 is 18.0. The number of nitrogens with zero attached hydrogens (tertiary/aromatic N) is 1. The first-order valence-electron chi connectivity index (χ1n) is 16.3. The van der Waals surface area contributed by atoms with Crippen molar-refractivity contribution in [3.63, 3.8) is 0 Å². The molecule has 1 saturated heterocycles. The third-order valence-corrected chi connectivity index (χ3v) is 8.83. The molecule has 9 heteroatoms. The smallest absolute Gasteiger partial charge is 0.328 e. The molecule has 0 radical (unpaired) electrons. The van der Waals surface area contributed by atoms with Gasteiger partial charge in [0.25, 0.3) is 0 Å². The number of carbonyl (C=O) groups excluding carboxylic acids is 2. The van der Waals surface area contributed by atoms with E-state index in [1.165, 1.54) is 12.7 Å². The van der Waals surface area contributed by atoms with Crippen molar-refractivity contribution in [2.24, 2.45) is 0 Å². The van der Waals surface area contributed by atoms with Crippen LogP contribution in [-0.2, 0) is 38.6 Å². The molecule has 3 N–H and O–H groups in total. The monoisotopic (exact) mass is 651 g/mol. The van der Waals surface area contributed by atoms with Crippen molar-refractivity contribution in [1.82, 2.24) is 15.5 Å². The van der Waals surface area contributed by atoms with Gasteiger partial charge in [0.15, 0.2) is 6.29 Å². The van der Waals surface area contributed by atoms with Crippen molar-refractivity contribution in [2.45, 2.75) is 63.5 Å². The highest BCUT2D eigenvalue weighted by atomic mass is 16.7. The Morgan fingerprint density at radius 2 is 1.48 bits per heavy atom. The summed E-state index contributed by atoms with van der Waals surface area (Å²) in [7, 11) is 3.42.